The maximum Gasteiger partial charge on any atom is 0.256 e. The van der Waals surface area contributed by atoms with E-state index >= 15 is 0 Å². The van der Waals surface area contributed by atoms with Crippen LogP contribution in [-0.4, -0.2) is 15.8 Å². The highest BCUT2D eigenvalue weighted by Gasteiger charge is 2.29. The number of hydrogen-bond donors (Lipinski definition) is 0. The Balaban J connectivity index is 1.87. The molecule has 3 nitrogen and oxygen atoms in total. The second-order valence-corrected chi connectivity index (χ2v) is 4.72. The molecule has 0 unspecified atom stereocenters. The van der Waals surface area contributed by atoms with Crippen LogP contribution in [0.3, 0.4) is 0 Å². The lowest BCUT2D eigenvalue weighted by Gasteiger charge is -2.15. The van der Waals surface area contributed by atoms with Crippen LogP contribution in [-0.2, 0) is 13.1 Å². The number of hydrogen-bond acceptors (Lipinski definition) is 2. The summed E-state index contributed by atoms with van der Waals surface area (Å²) in [7, 11) is 0. The fourth-order valence-corrected chi connectivity index (χ4v) is 2.46. The van der Waals surface area contributed by atoms with E-state index in [1.165, 1.54) is 12.1 Å². The van der Waals surface area contributed by atoms with E-state index in [2.05, 4.69) is 4.98 Å². The van der Waals surface area contributed by atoms with E-state index in [4.69, 9.17) is 0 Å². The SMILES string of the molecule is Cc1nccc2c1C(=O)N(Cc1cccc(F)c1)C2. The first-order chi connectivity index (χ1) is 9.15. The lowest BCUT2D eigenvalue weighted by molar-refractivity contribution is 0.0765. The average molecular weight is 256 g/mol. The highest BCUT2D eigenvalue weighted by molar-refractivity contribution is 5.99. The summed E-state index contributed by atoms with van der Waals surface area (Å²) in [5, 5.41) is 0. The summed E-state index contributed by atoms with van der Waals surface area (Å²) in [6.07, 6.45) is 1.72. The molecule has 2 heterocycles. The van der Waals surface area contributed by atoms with Crippen LogP contribution in [0.15, 0.2) is 36.5 Å². The van der Waals surface area contributed by atoms with Crippen molar-refractivity contribution < 1.29 is 9.18 Å². The predicted molar refractivity (Wildman–Crippen MR) is 69.0 cm³/mol. The lowest BCUT2D eigenvalue weighted by Crippen LogP contribution is -2.23. The number of rotatable bonds is 2. The first-order valence-electron chi connectivity index (χ1n) is 6.13. The summed E-state index contributed by atoms with van der Waals surface area (Å²) in [5.74, 6) is -0.302. The van der Waals surface area contributed by atoms with Gasteiger partial charge in [-0.05, 0) is 36.2 Å². The molecule has 1 aliphatic rings. The first kappa shape index (κ1) is 11.8. The van der Waals surface area contributed by atoms with Crippen LogP contribution in [0.2, 0.25) is 0 Å². The van der Waals surface area contributed by atoms with Crippen molar-refractivity contribution in [2.75, 3.05) is 0 Å². The third-order valence-corrected chi connectivity index (χ3v) is 3.35. The van der Waals surface area contributed by atoms with Crippen molar-refractivity contribution in [3.8, 4) is 0 Å². The van der Waals surface area contributed by atoms with E-state index in [0.717, 1.165) is 16.8 Å². The van der Waals surface area contributed by atoms with Crippen LogP contribution >= 0.6 is 0 Å². The van der Waals surface area contributed by atoms with Crippen LogP contribution in [0.5, 0.6) is 0 Å². The molecule has 0 saturated carbocycles. The van der Waals surface area contributed by atoms with Gasteiger partial charge in [0.2, 0.25) is 0 Å². The maximum absolute atomic E-state index is 13.2. The van der Waals surface area contributed by atoms with Gasteiger partial charge in [0.05, 0.1) is 11.3 Å². The highest BCUT2D eigenvalue weighted by atomic mass is 19.1. The van der Waals surface area contributed by atoms with Crippen molar-refractivity contribution in [2.45, 2.75) is 20.0 Å². The van der Waals surface area contributed by atoms with E-state index in [-0.39, 0.29) is 11.7 Å². The van der Waals surface area contributed by atoms with Crippen LogP contribution in [0.25, 0.3) is 0 Å². The molecule has 0 aliphatic carbocycles. The molecule has 0 spiro atoms. The van der Waals surface area contributed by atoms with Gasteiger partial charge in [0, 0.05) is 19.3 Å². The zero-order valence-electron chi connectivity index (χ0n) is 10.6. The van der Waals surface area contributed by atoms with Gasteiger partial charge in [-0.15, -0.1) is 0 Å². The molecule has 0 atom stereocenters. The van der Waals surface area contributed by atoms with Gasteiger partial charge < -0.3 is 4.90 Å². The van der Waals surface area contributed by atoms with Crippen molar-refractivity contribution in [3.63, 3.8) is 0 Å². The molecule has 1 aromatic carbocycles. The smallest absolute Gasteiger partial charge is 0.256 e. The van der Waals surface area contributed by atoms with Gasteiger partial charge >= 0.3 is 0 Å². The fraction of sp³-hybridized carbons (Fsp3) is 0.200. The Hall–Kier alpha value is -2.23. The second kappa shape index (κ2) is 4.46. The third kappa shape index (κ3) is 2.10. The molecule has 0 saturated heterocycles. The van der Waals surface area contributed by atoms with Crippen molar-refractivity contribution in [1.82, 2.24) is 9.88 Å². The summed E-state index contributed by atoms with van der Waals surface area (Å²) < 4.78 is 13.2. The third-order valence-electron chi connectivity index (χ3n) is 3.35. The Morgan fingerprint density at radius 3 is 2.95 bits per heavy atom. The largest absolute Gasteiger partial charge is 0.330 e. The molecule has 0 radical (unpaired) electrons. The molecule has 3 rings (SSSR count). The van der Waals surface area contributed by atoms with Gasteiger partial charge in [0.15, 0.2) is 0 Å². The Kier molecular flexibility index (Phi) is 2.78. The van der Waals surface area contributed by atoms with Gasteiger partial charge in [-0.3, -0.25) is 9.78 Å². The lowest BCUT2D eigenvalue weighted by atomic mass is 10.1. The zero-order chi connectivity index (χ0) is 13.4. The number of fused-ring (bicyclic) bond motifs is 1. The van der Waals surface area contributed by atoms with Crippen molar-refractivity contribution in [2.24, 2.45) is 0 Å². The Morgan fingerprint density at radius 2 is 2.21 bits per heavy atom. The van der Waals surface area contributed by atoms with Crippen LogP contribution in [0.1, 0.15) is 27.2 Å². The molecule has 19 heavy (non-hydrogen) atoms. The Morgan fingerprint density at radius 1 is 1.37 bits per heavy atom. The summed E-state index contributed by atoms with van der Waals surface area (Å²) in [6.45, 7) is 2.82. The van der Waals surface area contributed by atoms with Gasteiger partial charge in [0.25, 0.3) is 5.91 Å². The fourth-order valence-electron chi connectivity index (χ4n) is 2.46. The summed E-state index contributed by atoms with van der Waals surface area (Å²) in [6, 6.07) is 8.21. The molecule has 1 amide bonds. The molecular weight excluding hydrogens is 243 g/mol. The predicted octanol–water partition coefficient (Wildman–Crippen LogP) is 2.69. The first-order valence-corrected chi connectivity index (χ1v) is 6.13. The summed E-state index contributed by atoms with van der Waals surface area (Å²) in [4.78, 5) is 18.2. The minimum atomic E-state index is -0.278. The summed E-state index contributed by atoms with van der Waals surface area (Å²) >= 11 is 0. The van der Waals surface area contributed by atoms with Crippen LogP contribution in [0.4, 0.5) is 4.39 Å². The topological polar surface area (TPSA) is 33.2 Å². The maximum atomic E-state index is 13.2. The molecule has 0 fully saturated rings. The Bertz CT molecular complexity index is 654. The van der Waals surface area contributed by atoms with Crippen molar-refractivity contribution in [3.05, 3.63) is 64.7 Å². The molecule has 4 heteroatoms. The highest BCUT2D eigenvalue weighted by Crippen LogP contribution is 2.25. The molecule has 0 N–H and O–H groups in total. The quantitative estimate of drug-likeness (QED) is 0.827. The zero-order valence-corrected chi connectivity index (χ0v) is 10.6. The molecule has 96 valence electrons. The Labute approximate surface area is 110 Å². The van der Waals surface area contributed by atoms with E-state index in [1.807, 2.05) is 19.1 Å². The number of aromatic nitrogens is 1. The van der Waals surface area contributed by atoms with Crippen LogP contribution < -0.4 is 0 Å². The number of carbonyl (C=O) groups is 1. The van der Waals surface area contributed by atoms with Gasteiger partial charge in [-0.25, -0.2) is 4.39 Å². The minimum Gasteiger partial charge on any atom is -0.330 e. The van der Waals surface area contributed by atoms with Gasteiger partial charge in [-0.2, -0.15) is 0 Å². The number of amides is 1. The van der Waals surface area contributed by atoms with E-state index in [1.54, 1.807) is 17.2 Å². The number of nitrogens with zero attached hydrogens (tertiary/aromatic N) is 2. The number of aryl methyl sites for hydroxylation is 1. The number of benzene rings is 1. The van der Waals surface area contributed by atoms with Crippen molar-refractivity contribution in [1.29, 1.82) is 0 Å². The number of halogens is 1. The van der Waals surface area contributed by atoms with E-state index < -0.39 is 0 Å². The standard InChI is InChI=1S/C15H13FN2O/c1-10-14-12(5-6-17-10)9-18(15(14)19)8-11-3-2-4-13(16)7-11/h2-7H,8-9H2,1H3. The van der Waals surface area contributed by atoms with E-state index in [9.17, 15) is 9.18 Å². The average Bonchev–Trinajstić information content (AvgIpc) is 2.68. The minimum absolute atomic E-state index is 0.0233. The summed E-state index contributed by atoms with van der Waals surface area (Å²) in [5.41, 5.74) is 3.24. The molecule has 1 aliphatic heterocycles. The molecule has 0 bridgehead atoms. The van der Waals surface area contributed by atoms with E-state index in [0.29, 0.717) is 18.7 Å². The normalized spacial score (nSPS) is 13.8. The second-order valence-electron chi connectivity index (χ2n) is 4.72. The molecule has 2 aromatic rings. The van der Waals surface area contributed by atoms with Gasteiger partial charge in [-0.1, -0.05) is 12.1 Å². The van der Waals surface area contributed by atoms with Crippen LogP contribution in [0, 0.1) is 12.7 Å². The monoisotopic (exact) mass is 256 g/mol. The number of carbonyl (C=O) groups excluding carboxylic acids is 1. The van der Waals surface area contributed by atoms with Crippen molar-refractivity contribution >= 4 is 5.91 Å². The number of pyridine rings is 1. The molecule has 1 aromatic heterocycles. The molecular formula is C15H13FN2O. The van der Waals surface area contributed by atoms with Gasteiger partial charge in [0.1, 0.15) is 5.82 Å².